The van der Waals surface area contributed by atoms with Gasteiger partial charge in [-0.15, -0.1) is 0 Å². The number of rotatable bonds is 5. The summed E-state index contributed by atoms with van der Waals surface area (Å²) in [5.74, 6) is -1.67. The molecule has 0 saturated carbocycles. The fourth-order valence-corrected chi connectivity index (χ4v) is 1.05. The zero-order valence-corrected chi connectivity index (χ0v) is 9.03. The van der Waals surface area contributed by atoms with Crippen LogP contribution in [0, 0.1) is 0 Å². The lowest BCUT2D eigenvalue weighted by Crippen LogP contribution is -2.47. The van der Waals surface area contributed by atoms with Crippen LogP contribution in [-0.2, 0) is 14.4 Å². The fraction of sp³-hybridized carbons (Fsp3) is 0.667. The summed E-state index contributed by atoms with van der Waals surface area (Å²) < 4.78 is 0. The number of hydrogen-bond donors (Lipinski definition) is 3. The maximum Gasteiger partial charge on any atom is 0.305 e. The molecule has 0 fully saturated rings. The molecule has 0 aromatic heterocycles. The van der Waals surface area contributed by atoms with Crippen molar-refractivity contribution in [3.05, 3.63) is 0 Å². The number of carbonyl (C=O) groups excluding carboxylic acids is 2. The average molecular weight is 216 g/mol. The first-order valence-electron chi connectivity index (χ1n) is 4.62. The van der Waals surface area contributed by atoms with Crippen LogP contribution in [0.3, 0.4) is 0 Å². The summed E-state index contributed by atoms with van der Waals surface area (Å²) in [6, 6.07) is -1.11. The van der Waals surface area contributed by atoms with Crippen LogP contribution in [0.2, 0.25) is 0 Å². The Labute approximate surface area is 88.0 Å². The first-order chi connectivity index (χ1) is 6.82. The lowest BCUT2D eigenvalue weighted by molar-refractivity contribution is -0.137. The Bertz CT molecular complexity index is 265. The second kappa shape index (κ2) is 6.00. The van der Waals surface area contributed by atoms with Crippen molar-refractivity contribution in [3.8, 4) is 0 Å². The number of amides is 2. The third-order valence-corrected chi connectivity index (χ3v) is 1.68. The predicted molar refractivity (Wildman–Crippen MR) is 53.1 cm³/mol. The standard InChI is InChI=1S/C9H16N2O4/c1-5(4-8(13)14)10-9(15)6(2)11-7(3)12/h5-6H,4H2,1-3H3,(H,10,15)(H,11,12)(H,13,14). The molecule has 0 radical (unpaired) electrons. The number of hydrogen-bond acceptors (Lipinski definition) is 3. The van der Waals surface area contributed by atoms with E-state index in [1.54, 1.807) is 6.92 Å². The number of nitrogens with one attached hydrogen (secondary N) is 2. The second-order valence-electron chi connectivity index (χ2n) is 3.43. The summed E-state index contributed by atoms with van der Waals surface area (Å²) in [4.78, 5) is 32.3. The molecule has 0 aromatic rings. The minimum absolute atomic E-state index is 0.140. The third-order valence-electron chi connectivity index (χ3n) is 1.68. The topological polar surface area (TPSA) is 95.5 Å². The van der Waals surface area contributed by atoms with Gasteiger partial charge in [-0.3, -0.25) is 14.4 Å². The molecule has 0 aliphatic carbocycles. The summed E-state index contributed by atoms with van der Waals surface area (Å²) in [6.07, 6.45) is -0.140. The van der Waals surface area contributed by atoms with Crippen molar-refractivity contribution in [2.45, 2.75) is 39.3 Å². The first-order valence-corrected chi connectivity index (χ1v) is 4.62. The van der Waals surface area contributed by atoms with E-state index in [-0.39, 0.29) is 18.2 Å². The molecule has 2 atom stereocenters. The van der Waals surface area contributed by atoms with Gasteiger partial charge < -0.3 is 15.7 Å². The molecule has 0 rings (SSSR count). The van der Waals surface area contributed by atoms with Gasteiger partial charge in [0.25, 0.3) is 0 Å². The van der Waals surface area contributed by atoms with E-state index in [9.17, 15) is 14.4 Å². The molecule has 86 valence electrons. The molecule has 3 N–H and O–H groups in total. The Morgan fingerprint density at radius 3 is 2.13 bits per heavy atom. The van der Waals surface area contributed by atoms with Crippen molar-refractivity contribution >= 4 is 17.8 Å². The predicted octanol–water partition coefficient (Wildman–Crippen LogP) is -0.510. The van der Waals surface area contributed by atoms with Crippen LogP contribution >= 0.6 is 0 Å². The largest absolute Gasteiger partial charge is 0.481 e. The van der Waals surface area contributed by atoms with Gasteiger partial charge in [0.2, 0.25) is 11.8 Å². The van der Waals surface area contributed by atoms with Crippen molar-refractivity contribution in [1.82, 2.24) is 10.6 Å². The van der Waals surface area contributed by atoms with Gasteiger partial charge in [0.15, 0.2) is 0 Å². The van der Waals surface area contributed by atoms with Gasteiger partial charge in [0, 0.05) is 13.0 Å². The molecular formula is C9H16N2O4. The van der Waals surface area contributed by atoms with Gasteiger partial charge in [-0.05, 0) is 13.8 Å². The number of carbonyl (C=O) groups is 3. The molecule has 0 bridgehead atoms. The van der Waals surface area contributed by atoms with E-state index in [2.05, 4.69) is 10.6 Å². The van der Waals surface area contributed by atoms with E-state index in [1.807, 2.05) is 0 Å². The highest BCUT2D eigenvalue weighted by atomic mass is 16.4. The van der Waals surface area contributed by atoms with Gasteiger partial charge in [-0.1, -0.05) is 0 Å². The van der Waals surface area contributed by atoms with E-state index in [0.29, 0.717) is 0 Å². The highest BCUT2D eigenvalue weighted by Crippen LogP contribution is 1.92. The van der Waals surface area contributed by atoms with Crippen molar-refractivity contribution < 1.29 is 19.5 Å². The minimum atomic E-state index is -0.977. The zero-order valence-electron chi connectivity index (χ0n) is 9.03. The second-order valence-corrected chi connectivity index (χ2v) is 3.43. The normalized spacial score (nSPS) is 13.8. The van der Waals surface area contributed by atoms with E-state index in [1.165, 1.54) is 13.8 Å². The van der Waals surface area contributed by atoms with E-state index < -0.39 is 18.1 Å². The van der Waals surface area contributed by atoms with Crippen molar-refractivity contribution in [2.75, 3.05) is 0 Å². The van der Waals surface area contributed by atoms with Gasteiger partial charge in [0.05, 0.1) is 6.42 Å². The molecule has 2 unspecified atom stereocenters. The smallest absolute Gasteiger partial charge is 0.305 e. The van der Waals surface area contributed by atoms with Gasteiger partial charge in [-0.25, -0.2) is 0 Å². The van der Waals surface area contributed by atoms with E-state index >= 15 is 0 Å². The van der Waals surface area contributed by atoms with Crippen molar-refractivity contribution in [3.63, 3.8) is 0 Å². The molecule has 6 heteroatoms. The van der Waals surface area contributed by atoms with Crippen molar-refractivity contribution in [2.24, 2.45) is 0 Å². The Morgan fingerprint density at radius 2 is 1.73 bits per heavy atom. The highest BCUT2D eigenvalue weighted by molar-refractivity contribution is 5.86. The molecule has 0 aromatic carbocycles. The lowest BCUT2D eigenvalue weighted by Gasteiger charge is -2.16. The summed E-state index contributed by atoms with van der Waals surface area (Å²) in [5, 5.41) is 13.3. The van der Waals surface area contributed by atoms with E-state index in [4.69, 9.17) is 5.11 Å². The van der Waals surface area contributed by atoms with Crippen molar-refractivity contribution in [1.29, 1.82) is 0 Å². The molecule has 2 amide bonds. The summed E-state index contributed by atoms with van der Waals surface area (Å²) in [6.45, 7) is 4.43. The Kier molecular flexibility index (Phi) is 5.36. The molecule has 0 spiro atoms. The van der Waals surface area contributed by atoms with Crippen LogP contribution in [0.4, 0.5) is 0 Å². The molecule has 0 heterocycles. The Balaban J connectivity index is 4.01. The molecular weight excluding hydrogens is 200 g/mol. The van der Waals surface area contributed by atoms with Gasteiger partial charge >= 0.3 is 5.97 Å². The average Bonchev–Trinajstić information content (AvgIpc) is 2.00. The van der Waals surface area contributed by atoms with Crippen LogP contribution in [0.25, 0.3) is 0 Å². The summed E-state index contributed by atoms with van der Waals surface area (Å²) in [5.41, 5.74) is 0. The monoisotopic (exact) mass is 216 g/mol. The van der Waals surface area contributed by atoms with Gasteiger partial charge in [-0.2, -0.15) is 0 Å². The quantitative estimate of drug-likeness (QED) is 0.576. The fourth-order valence-electron chi connectivity index (χ4n) is 1.05. The zero-order chi connectivity index (χ0) is 12.0. The third kappa shape index (κ3) is 6.48. The molecule has 15 heavy (non-hydrogen) atoms. The van der Waals surface area contributed by atoms with Gasteiger partial charge in [0.1, 0.15) is 6.04 Å². The van der Waals surface area contributed by atoms with E-state index in [0.717, 1.165) is 0 Å². The van der Waals surface area contributed by atoms with Crippen LogP contribution < -0.4 is 10.6 Å². The minimum Gasteiger partial charge on any atom is -0.481 e. The molecule has 0 saturated heterocycles. The SMILES string of the molecule is CC(=O)NC(C)C(=O)NC(C)CC(=O)O. The maximum absolute atomic E-state index is 11.4. The lowest BCUT2D eigenvalue weighted by atomic mass is 10.2. The number of carboxylic acids is 1. The Hall–Kier alpha value is -1.59. The number of aliphatic carboxylic acids is 1. The highest BCUT2D eigenvalue weighted by Gasteiger charge is 2.16. The summed E-state index contributed by atoms with van der Waals surface area (Å²) in [7, 11) is 0. The Morgan fingerprint density at radius 1 is 1.20 bits per heavy atom. The molecule has 0 aliphatic rings. The molecule has 0 aliphatic heterocycles. The molecule has 6 nitrogen and oxygen atoms in total. The first kappa shape index (κ1) is 13.4. The van der Waals surface area contributed by atoms with Crippen LogP contribution in [0.1, 0.15) is 27.2 Å². The summed E-state index contributed by atoms with van der Waals surface area (Å²) >= 11 is 0. The maximum atomic E-state index is 11.4. The van der Waals surface area contributed by atoms with Crippen LogP contribution in [0.5, 0.6) is 0 Å². The van der Waals surface area contributed by atoms with Crippen LogP contribution in [0.15, 0.2) is 0 Å². The number of carboxylic acid groups (broad SMARTS) is 1. The van der Waals surface area contributed by atoms with Crippen LogP contribution in [-0.4, -0.2) is 35.0 Å².